The summed E-state index contributed by atoms with van der Waals surface area (Å²) in [5, 5.41) is 0. The van der Waals surface area contributed by atoms with Gasteiger partial charge in [0.25, 0.3) is 0 Å². The topological polar surface area (TPSA) is 26.3 Å². The molecule has 0 N–H and O–H groups in total. The molecule has 14 heavy (non-hydrogen) atoms. The monoisotopic (exact) mass is 304 g/mol. The van der Waals surface area contributed by atoms with E-state index < -0.39 is 0 Å². The highest BCUT2D eigenvalue weighted by molar-refractivity contribution is 14.1. The van der Waals surface area contributed by atoms with Crippen molar-refractivity contribution in [1.82, 2.24) is 0 Å². The predicted octanol–water partition coefficient (Wildman–Crippen LogP) is 2.90. The lowest BCUT2D eigenvalue weighted by molar-refractivity contribution is -0.123. The number of ether oxygens (including phenoxy) is 1. The van der Waals surface area contributed by atoms with Gasteiger partial charge in [-0.05, 0) is 34.7 Å². The molecule has 0 amide bonds. The van der Waals surface area contributed by atoms with Crippen molar-refractivity contribution in [2.75, 3.05) is 6.61 Å². The summed E-state index contributed by atoms with van der Waals surface area (Å²) < 4.78 is 6.43. The first kappa shape index (κ1) is 11.5. The number of benzene rings is 1. The van der Waals surface area contributed by atoms with Gasteiger partial charge in [-0.3, -0.25) is 4.79 Å². The first-order valence-electron chi connectivity index (χ1n) is 4.51. The fourth-order valence-corrected chi connectivity index (χ4v) is 1.42. The second-order valence-corrected chi connectivity index (χ2v) is 4.50. The van der Waals surface area contributed by atoms with Gasteiger partial charge in [-0.25, -0.2) is 0 Å². The summed E-state index contributed by atoms with van der Waals surface area (Å²) in [4.78, 5) is 11.3. The molecule has 1 aromatic rings. The van der Waals surface area contributed by atoms with Crippen LogP contribution in [0.2, 0.25) is 0 Å². The summed E-state index contributed by atoms with van der Waals surface area (Å²) in [5.74, 6) is 0.947. The molecule has 0 bridgehead atoms. The van der Waals surface area contributed by atoms with Gasteiger partial charge in [-0.1, -0.05) is 26.0 Å². The van der Waals surface area contributed by atoms with Crippen LogP contribution in [-0.4, -0.2) is 12.4 Å². The Kier molecular flexibility index (Phi) is 4.38. The van der Waals surface area contributed by atoms with E-state index in [4.69, 9.17) is 4.74 Å². The van der Waals surface area contributed by atoms with Crippen LogP contribution in [0.1, 0.15) is 13.8 Å². The van der Waals surface area contributed by atoms with Crippen LogP contribution < -0.4 is 4.74 Å². The van der Waals surface area contributed by atoms with Crippen molar-refractivity contribution >= 4 is 28.4 Å². The van der Waals surface area contributed by atoms with E-state index in [2.05, 4.69) is 22.6 Å². The largest absolute Gasteiger partial charge is 0.485 e. The van der Waals surface area contributed by atoms with E-state index in [0.717, 1.165) is 9.32 Å². The molecule has 0 aliphatic heterocycles. The van der Waals surface area contributed by atoms with E-state index in [9.17, 15) is 4.79 Å². The van der Waals surface area contributed by atoms with Crippen molar-refractivity contribution in [3.63, 3.8) is 0 Å². The molecule has 2 nitrogen and oxygen atoms in total. The van der Waals surface area contributed by atoms with Crippen LogP contribution in [-0.2, 0) is 4.79 Å². The Morgan fingerprint density at radius 1 is 1.43 bits per heavy atom. The molecule has 0 saturated heterocycles. The summed E-state index contributed by atoms with van der Waals surface area (Å²) in [6.45, 7) is 3.92. The van der Waals surface area contributed by atoms with Crippen molar-refractivity contribution in [3.05, 3.63) is 27.8 Å². The molecule has 0 aliphatic carbocycles. The van der Waals surface area contributed by atoms with Gasteiger partial charge >= 0.3 is 0 Å². The van der Waals surface area contributed by atoms with Gasteiger partial charge < -0.3 is 4.74 Å². The van der Waals surface area contributed by atoms with Crippen LogP contribution in [0.25, 0.3) is 0 Å². The normalized spacial score (nSPS) is 10.3. The van der Waals surface area contributed by atoms with Gasteiger partial charge in [0.2, 0.25) is 0 Å². The minimum atomic E-state index is 0.0383. The van der Waals surface area contributed by atoms with Gasteiger partial charge in [0.05, 0.1) is 3.57 Å². The molecule has 0 spiro atoms. The lowest BCUT2D eigenvalue weighted by Crippen LogP contribution is -2.17. The molecule has 1 rings (SSSR count). The Morgan fingerprint density at radius 3 is 2.64 bits per heavy atom. The Hall–Kier alpha value is -0.580. The third-order valence-corrected chi connectivity index (χ3v) is 2.74. The summed E-state index contributed by atoms with van der Waals surface area (Å²) in [5.41, 5.74) is 0. The zero-order valence-corrected chi connectivity index (χ0v) is 10.4. The smallest absolute Gasteiger partial charge is 0.172 e. The standard InChI is InChI=1S/C11H13IO2/c1-8(2)10(13)7-14-11-6-4-3-5-9(11)12/h3-6,8H,7H2,1-2H3. The molecule has 0 unspecified atom stereocenters. The van der Waals surface area contributed by atoms with Gasteiger partial charge in [-0.15, -0.1) is 0 Å². The molecule has 1 aromatic carbocycles. The average molecular weight is 304 g/mol. The summed E-state index contributed by atoms with van der Waals surface area (Å²) in [7, 11) is 0. The maximum Gasteiger partial charge on any atom is 0.172 e. The Bertz CT molecular complexity index is 321. The number of para-hydroxylation sites is 1. The molecular weight excluding hydrogens is 291 g/mol. The molecule has 0 fully saturated rings. The first-order valence-corrected chi connectivity index (χ1v) is 5.59. The number of halogens is 1. The molecular formula is C11H13IO2. The minimum Gasteiger partial charge on any atom is -0.485 e. The lowest BCUT2D eigenvalue weighted by Gasteiger charge is -2.08. The molecule has 0 aromatic heterocycles. The quantitative estimate of drug-likeness (QED) is 0.800. The number of carbonyl (C=O) groups is 1. The number of ketones is 1. The van der Waals surface area contributed by atoms with Crippen LogP contribution in [0.4, 0.5) is 0 Å². The van der Waals surface area contributed by atoms with E-state index in [1.807, 2.05) is 38.1 Å². The molecule has 76 valence electrons. The summed E-state index contributed by atoms with van der Waals surface area (Å²) in [6, 6.07) is 7.67. The molecule has 0 aliphatic rings. The second kappa shape index (κ2) is 5.34. The van der Waals surface area contributed by atoms with Gasteiger partial charge in [-0.2, -0.15) is 0 Å². The van der Waals surface area contributed by atoms with Gasteiger partial charge in [0.15, 0.2) is 5.78 Å². The maximum absolute atomic E-state index is 11.3. The van der Waals surface area contributed by atoms with Crippen LogP contribution in [0.15, 0.2) is 24.3 Å². The van der Waals surface area contributed by atoms with E-state index in [-0.39, 0.29) is 18.3 Å². The van der Waals surface area contributed by atoms with Gasteiger partial charge in [0.1, 0.15) is 12.4 Å². The maximum atomic E-state index is 11.3. The van der Waals surface area contributed by atoms with Crippen LogP contribution >= 0.6 is 22.6 Å². The molecule has 3 heteroatoms. The van der Waals surface area contributed by atoms with Crippen LogP contribution in [0.3, 0.4) is 0 Å². The number of hydrogen-bond donors (Lipinski definition) is 0. The minimum absolute atomic E-state index is 0.0383. The summed E-state index contributed by atoms with van der Waals surface area (Å²) >= 11 is 2.19. The molecule has 0 atom stereocenters. The van der Waals surface area contributed by atoms with Crippen molar-refractivity contribution < 1.29 is 9.53 Å². The molecule has 0 radical (unpaired) electrons. The van der Waals surface area contributed by atoms with Crippen LogP contribution in [0, 0.1) is 9.49 Å². The zero-order valence-electron chi connectivity index (χ0n) is 8.29. The molecule has 0 saturated carbocycles. The summed E-state index contributed by atoms with van der Waals surface area (Å²) in [6.07, 6.45) is 0. The third kappa shape index (κ3) is 3.29. The highest BCUT2D eigenvalue weighted by Crippen LogP contribution is 2.19. The fourth-order valence-electron chi connectivity index (χ4n) is 0.877. The number of rotatable bonds is 4. The SMILES string of the molecule is CC(C)C(=O)COc1ccccc1I. The lowest BCUT2D eigenvalue weighted by atomic mass is 10.1. The Balaban J connectivity index is 2.54. The van der Waals surface area contributed by atoms with E-state index in [1.165, 1.54) is 0 Å². The second-order valence-electron chi connectivity index (χ2n) is 3.34. The van der Waals surface area contributed by atoms with Crippen LogP contribution in [0.5, 0.6) is 5.75 Å². The van der Waals surface area contributed by atoms with Crippen molar-refractivity contribution in [3.8, 4) is 5.75 Å². The number of Topliss-reactive ketones (excluding diaryl/α,β-unsaturated/α-hetero) is 1. The van der Waals surface area contributed by atoms with E-state index >= 15 is 0 Å². The van der Waals surface area contributed by atoms with E-state index in [1.54, 1.807) is 0 Å². The Morgan fingerprint density at radius 2 is 2.07 bits per heavy atom. The predicted molar refractivity (Wildman–Crippen MR) is 64.5 cm³/mol. The van der Waals surface area contributed by atoms with E-state index in [0.29, 0.717) is 0 Å². The zero-order chi connectivity index (χ0) is 10.6. The highest BCUT2D eigenvalue weighted by atomic mass is 127. The highest BCUT2D eigenvalue weighted by Gasteiger charge is 2.08. The molecule has 0 heterocycles. The van der Waals surface area contributed by atoms with Crippen molar-refractivity contribution in [2.24, 2.45) is 5.92 Å². The number of hydrogen-bond acceptors (Lipinski definition) is 2. The van der Waals surface area contributed by atoms with Gasteiger partial charge in [0, 0.05) is 5.92 Å². The number of carbonyl (C=O) groups excluding carboxylic acids is 1. The third-order valence-electron chi connectivity index (χ3n) is 1.85. The Labute approximate surface area is 97.8 Å². The first-order chi connectivity index (χ1) is 6.61. The van der Waals surface area contributed by atoms with Crippen molar-refractivity contribution in [2.45, 2.75) is 13.8 Å². The van der Waals surface area contributed by atoms with Crippen molar-refractivity contribution in [1.29, 1.82) is 0 Å². The fraction of sp³-hybridized carbons (Fsp3) is 0.364. The average Bonchev–Trinajstić information content (AvgIpc) is 2.16.